The van der Waals surface area contributed by atoms with Crippen LogP contribution in [0.2, 0.25) is 0 Å². The molecule has 1 N–H and O–H groups in total. The monoisotopic (exact) mass is 298 g/mol. The van der Waals surface area contributed by atoms with Crippen molar-refractivity contribution in [2.24, 2.45) is 0 Å². The van der Waals surface area contributed by atoms with Crippen LogP contribution in [0.25, 0.3) is 0 Å². The second-order valence-corrected chi connectivity index (χ2v) is 5.54. The number of ether oxygens (including phenoxy) is 1. The van der Waals surface area contributed by atoms with Crippen LogP contribution in [0.3, 0.4) is 0 Å². The van der Waals surface area contributed by atoms with Crippen molar-refractivity contribution in [1.29, 1.82) is 0 Å². The minimum Gasteiger partial charge on any atom is -0.494 e. The molecule has 1 atom stereocenters. The summed E-state index contributed by atoms with van der Waals surface area (Å²) in [6.45, 7) is 6.48. The zero-order valence-corrected chi connectivity index (χ0v) is 13.3. The molecule has 116 valence electrons. The van der Waals surface area contributed by atoms with Gasteiger partial charge in [0.05, 0.1) is 12.5 Å². The molecule has 3 nitrogen and oxygen atoms in total. The normalized spacial score (nSPS) is 12.0. The Balaban J connectivity index is 2.30. The molecule has 0 aliphatic heterocycles. The maximum atomic E-state index is 11.7. The van der Waals surface area contributed by atoms with Gasteiger partial charge in [0.1, 0.15) is 5.75 Å². The highest BCUT2D eigenvalue weighted by Gasteiger charge is 2.22. The Labute approximate surface area is 131 Å². The molecule has 0 bridgehead atoms. The predicted octanol–water partition coefficient (Wildman–Crippen LogP) is 4.11. The number of benzene rings is 2. The first-order chi connectivity index (χ1) is 10.5. The predicted molar refractivity (Wildman–Crippen MR) is 87.6 cm³/mol. The SMILES string of the molecule is CCOc1ccc(C(Cc2cccc(C)c2)C(=O)O)c(C)c1. The zero-order chi connectivity index (χ0) is 16.1. The number of hydrogen-bond acceptors (Lipinski definition) is 2. The number of carbonyl (C=O) groups is 1. The van der Waals surface area contributed by atoms with Crippen molar-refractivity contribution in [1.82, 2.24) is 0 Å². The average molecular weight is 298 g/mol. The van der Waals surface area contributed by atoms with Gasteiger partial charge in [0, 0.05) is 0 Å². The molecular formula is C19H22O3. The van der Waals surface area contributed by atoms with Gasteiger partial charge in [-0.2, -0.15) is 0 Å². The number of carboxylic acid groups (broad SMARTS) is 1. The molecule has 0 saturated heterocycles. The molecule has 2 aromatic rings. The van der Waals surface area contributed by atoms with Crippen molar-refractivity contribution in [3.63, 3.8) is 0 Å². The van der Waals surface area contributed by atoms with E-state index in [1.807, 2.05) is 63.2 Å². The summed E-state index contributed by atoms with van der Waals surface area (Å²) in [6, 6.07) is 13.6. The Morgan fingerprint density at radius 3 is 2.55 bits per heavy atom. The van der Waals surface area contributed by atoms with E-state index in [-0.39, 0.29) is 0 Å². The summed E-state index contributed by atoms with van der Waals surface area (Å²) in [7, 11) is 0. The molecular weight excluding hydrogens is 276 g/mol. The molecule has 0 amide bonds. The highest BCUT2D eigenvalue weighted by atomic mass is 16.5. The van der Waals surface area contributed by atoms with E-state index in [0.717, 1.165) is 28.0 Å². The zero-order valence-electron chi connectivity index (χ0n) is 13.3. The van der Waals surface area contributed by atoms with E-state index >= 15 is 0 Å². The van der Waals surface area contributed by atoms with Gasteiger partial charge in [-0.15, -0.1) is 0 Å². The van der Waals surface area contributed by atoms with Crippen LogP contribution < -0.4 is 4.74 Å². The standard InChI is InChI=1S/C19H22O3/c1-4-22-16-8-9-17(14(3)11-16)18(19(20)21)12-15-7-5-6-13(2)10-15/h5-11,18H,4,12H2,1-3H3,(H,20,21). The lowest BCUT2D eigenvalue weighted by molar-refractivity contribution is -0.138. The number of aliphatic carboxylic acids is 1. The summed E-state index contributed by atoms with van der Waals surface area (Å²) >= 11 is 0. The molecule has 0 aromatic heterocycles. The summed E-state index contributed by atoms with van der Waals surface area (Å²) in [4.78, 5) is 11.7. The average Bonchev–Trinajstić information content (AvgIpc) is 2.46. The molecule has 0 aliphatic rings. The van der Waals surface area contributed by atoms with Crippen molar-refractivity contribution in [2.45, 2.75) is 33.1 Å². The molecule has 1 unspecified atom stereocenters. The first-order valence-electron chi connectivity index (χ1n) is 7.53. The Bertz CT molecular complexity index is 661. The van der Waals surface area contributed by atoms with Crippen LogP contribution in [0.4, 0.5) is 0 Å². The van der Waals surface area contributed by atoms with Crippen molar-refractivity contribution >= 4 is 5.97 Å². The summed E-state index contributed by atoms with van der Waals surface area (Å²) in [5.74, 6) is -0.560. The van der Waals surface area contributed by atoms with E-state index in [1.165, 1.54) is 0 Å². The van der Waals surface area contributed by atoms with Crippen LogP contribution in [-0.4, -0.2) is 17.7 Å². The number of carboxylic acids is 1. The number of aryl methyl sites for hydroxylation is 2. The Morgan fingerprint density at radius 1 is 1.18 bits per heavy atom. The van der Waals surface area contributed by atoms with Gasteiger partial charge in [0.15, 0.2) is 0 Å². The van der Waals surface area contributed by atoms with Crippen molar-refractivity contribution in [3.05, 3.63) is 64.7 Å². The summed E-state index contributed by atoms with van der Waals surface area (Å²) in [6.07, 6.45) is 0.492. The fraction of sp³-hybridized carbons (Fsp3) is 0.316. The van der Waals surface area contributed by atoms with Gasteiger partial charge in [0.2, 0.25) is 0 Å². The van der Waals surface area contributed by atoms with E-state index < -0.39 is 11.9 Å². The quantitative estimate of drug-likeness (QED) is 0.873. The highest BCUT2D eigenvalue weighted by molar-refractivity contribution is 5.77. The Hall–Kier alpha value is -2.29. The molecule has 0 spiro atoms. The maximum Gasteiger partial charge on any atom is 0.311 e. The fourth-order valence-corrected chi connectivity index (χ4v) is 2.70. The van der Waals surface area contributed by atoms with Gasteiger partial charge in [-0.1, -0.05) is 35.9 Å². The smallest absolute Gasteiger partial charge is 0.311 e. The topological polar surface area (TPSA) is 46.5 Å². The lowest BCUT2D eigenvalue weighted by atomic mass is 9.89. The second-order valence-electron chi connectivity index (χ2n) is 5.54. The first-order valence-corrected chi connectivity index (χ1v) is 7.53. The number of rotatable bonds is 6. The van der Waals surface area contributed by atoms with Crippen molar-refractivity contribution in [3.8, 4) is 5.75 Å². The molecule has 0 radical (unpaired) electrons. The number of hydrogen-bond donors (Lipinski definition) is 1. The van der Waals surface area contributed by atoms with Gasteiger partial charge >= 0.3 is 5.97 Å². The third-order valence-electron chi connectivity index (χ3n) is 3.75. The lowest BCUT2D eigenvalue weighted by Crippen LogP contribution is -2.15. The van der Waals surface area contributed by atoms with Crippen LogP contribution in [0.15, 0.2) is 42.5 Å². The molecule has 0 fully saturated rings. The third-order valence-corrected chi connectivity index (χ3v) is 3.75. The van der Waals surface area contributed by atoms with Gasteiger partial charge in [-0.05, 0) is 56.0 Å². The Kier molecular flexibility index (Phi) is 5.21. The van der Waals surface area contributed by atoms with E-state index in [2.05, 4.69) is 0 Å². The molecule has 0 aliphatic carbocycles. The fourth-order valence-electron chi connectivity index (χ4n) is 2.70. The minimum atomic E-state index is -0.797. The van der Waals surface area contributed by atoms with E-state index in [9.17, 15) is 9.90 Å². The molecule has 22 heavy (non-hydrogen) atoms. The van der Waals surface area contributed by atoms with Crippen LogP contribution in [0.1, 0.15) is 35.1 Å². The largest absolute Gasteiger partial charge is 0.494 e. The second kappa shape index (κ2) is 7.12. The van der Waals surface area contributed by atoms with Crippen LogP contribution in [0.5, 0.6) is 5.75 Å². The maximum absolute atomic E-state index is 11.7. The van der Waals surface area contributed by atoms with Gasteiger partial charge < -0.3 is 9.84 Å². The van der Waals surface area contributed by atoms with Gasteiger partial charge in [-0.3, -0.25) is 4.79 Å². The lowest BCUT2D eigenvalue weighted by Gasteiger charge is -2.17. The summed E-state index contributed by atoms with van der Waals surface area (Å²) in [5, 5.41) is 9.62. The van der Waals surface area contributed by atoms with Crippen LogP contribution in [-0.2, 0) is 11.2 Å². The van der Waals surface area contributed by atoms with Crippen molar-refractivity contribution in [2.75, 3.05) is 6.61 Å². The molecule has 2 rings (SSSR count). The van der Waals surface area contributed by atoms with E-state index in [0.29, 0.717) is 13.0 Å². The van der Waals surface area contributed by atoms with Crippen LogP contribution in [0, 0.1) is 13.8 Å². The third kappa shape index (κ3) is 3.88. The summed E-state index contributed by atoms with van der Waals surface area (Å²) in [5.41, 5.74) is 3.98. The van der Waals surface area contributed by atoms with E-state index in [1.54, 1.807) is 0 Å². The van der Waals surface area contributed by atoms with Crippen LogP contribution >= 0.6 is 0 Å². The van der Waals surface area contributed by atoms with Gasteiger partial charge in [-0.25, -0.2) is 0 Å². The molecule has 0 saturated carbocycles. The Morgan fingerprint density at radius 2 is 1.95 bits per heavy atom. The highest BCUT2D eigenvalue weighted by Crippen LogP contribution is 2.27. The van der Waals surface area contributed by atoms with Gasteiger partial charge in [0.25, 0.3) is 0 Å². The van der Waals surface area contributed by atoms with E-state index in [4.69, 9.17) is 4.74 Å². The molecule has 3 heteroatoms. The van der Waals surface area contributed by atoms with Crippen molar-refractivity contribution < 1.29 is 14.6 Å². The summed E-state index contributed by atoms with van der Waals surface area (Å²) < 4.78 is 5.47. The minimum absolute atomic E-state index is 0.492. The molecule has 0 heterocycles. The first kappa shape index (κ1) is 16.1. The molecule has 2 aromatic carbocycles.